The highest BCUT2D eigenvalue weighted by Crippen LogP contribution is 2.50. The number of hydrogen-bond acceptors (Lipinski definition) is 6. The summed E-state index contributed by atoms with van der Waals surface area (Å²) < 4.78 is 0. The van der Waals surface area contributed by atoms with Gasteiger partial charge in [-0.3, -0.25) is 19.5 Å². The molecule has 1 amide bonds. The van der Waals surface area contributed by atoms with Gasteiger partial charge in [0.1, 0.15) is 0 Å². The number of nitrogens with two attached hydrogens (primary N) is 1. The summed E-state index contributed by atoms with van der Waals surface area (Å²) >= 11 is 0. The van der Waals surface area contributed by atoms with Gasteiger partial charge in [-0.05, 0) is 78.5 Å². The van der Waals surface area contributed by atoms with Crippen LogP contribution >= 0.6 is 0 Å². The van der Waals surface area contributed by atoms with Crippen LogP contribution in [0.5, 0.6) is 0 Å². The number of benzene rings is 1. The van der Waals surface area contributed by atoms with Gasteiger partial charge in [0.2, 0.25) is 5.91 Å². The van der Waals surface area contributed by atoms with E-state index in [0.29, 0.717) is 19.6 Å². The molecule has 1 unspecified atom stereocenters. The molecule has 4 rings (SSSR count). The second-order valence-corrected chi connectivity index (χ2v) is 11.7. The second-order valence-electron chi connectivity index (χ2n) is 11.7. The first-order valence-electron chi connectivity index (χ1n) is 12.4. The number of aliphatic hydroxyl groups excluding tert-OH is 1. The zero-order chi connectivity index (χ0) is 24.1. The van der Waals surface area contributed by atoms with Crippen molar-refractivity contribution < 1.29 is 15.0 Å². The molecule has 1 heterocycles. The maximum atomic E-state index is 12.0. The van der Waals surface area contributed by atoms with Crippen molar-refractivity contribution in [1.29, 1.82) is 0 Å². The number of aliphatic hydroxyl groups is 2. The quantitative estimate of drug-likeness (QED) is 0.579. The minimum atomic E-state index is -0.822. The Bertz CT molecular complexity index is 844. The standard InChI is InChI=1S/C26H42N4O3/c1-23(2,21(27)31)17-29-18-24(30(22(29)32)19-25(33)11-8-12-25)13-15-26(16-14-24,28(3)4)20-9-6-5-7-10-20/h5-7,9-10,22,32-33H,8,11-19H2,1-4H3,(H2,27,31)/t22?,24-,26+. The third-order valence-electron chi connectivity index (χ3n) is 8.90. The third-order valence-corrected chi connectivity index (χ3v) is 8.90. The lowest BCUT2D eigenvalue weighted by atomic mass is 9.67. The van der Waals surface area contributed by atoms with E-state index in [1.165, 1.54) is 5.56 Å². The number of nitrogens with zero attached hydrogens (tertiary/aromatic N) is 3. The van der Waals surface area contributed by atoms with Crippen molar-refractivity contribution in [3.8, 4) is 0 Å². The van der Waals surface area contributed by atoms with Crippen molar-refractivity contribution >= 4 is 5.91 Å². The number of carbonyl (C=O) groups is 1. The van der Waals surface area contributed by atoms with E-state index in [-0.39, 0.29) is 17.0 Å². The fraction of sp³-hybridized carbons (Fsp3) is 0.731. The van der Waals surface area contributed by atoms with Crippen LogP contribution in [0.3, 0.4) is 0 Å². The van der Waals surface area contributed by atoms with Crippen molar-refractivity contribution in [3.05, 3.63) is 35.9 Å². The Balaban J connectivity index is 1.61. The Labute approximate surface area is 198 Å². The Morgan fingerprint density at radius 1 is 1.12 bits per heavy atom. The van der Waals surface area contributed by atoms with Gasteiger partial charge in [-0.1, -0.05) is 30.3 Å². The number of hydrogen-bond donors (Lipinski definition) is 3. The predicted molar refractivity (Wildman–Crippen MR) is 129 cm³/mol. The molecular weight excluding hydrogens is 416 g/mol. The summed E-state index contributed by atoms with van der Waals surface area (Å²) in [6.45, 7) is 5.23. The van der Waals surface area contributed by atoms with Crippen LogP contribution < -0.4 is 5.73 Å². The van der Waals surface area contributed by atoms with Gasteiger partial charge in [0.25, 0.3) is 0 Å². The zero-order valence-corrected chi connectivity index (χ0v) is 20.8. The third kappa shape index (κ3) is 4.34. The van der Waals surface area contributed by atoms with Gasteiger partial charge in [0, 0.05) is 30.7 Å². The molecule has 1 aromatic carbocycles. The van der Waals surface area contributed by atoms with Crippen molar-refractivity contribution in [2.75, 3.05) is 33.7 Å². The van der Waals surface area contributed by atoms with Crippen molar-refractivity contribution in [3.63, 3.8) is 0 Å². The van der Waals surface area contributed by atoms with Crippen molar-refractivity contribution in [1.82, 2.24) is 14.7 Å². The van der Waals surface area contributed by atoms with E-state index in [2.05, 4.69) is 54.2 Å². The molecule has 2 aliphatic carbocycles. The van der Waals surface area contributed by atoms with Crippen LogP contribution in [0, 0.1) is 5.41 Å². The fourth-order valence-electron chi connectivity index (χ4n) is 6.34. The molecule has 0 radical (unpaired) electrons. The average molecular weight is 459 g/mol. The molecule has 1 spiro atoms. The maximum absolute atomic E-state index is 12.0. The highest BCUT2D eigenvalue weighted by atomic mass is 16.3. The number of rotatable bonds is 7. The van der Waals surface area contributed by atoms with E-state index in [1.807, 2.05) is 18.7 Å². The summed E-state index contributed by atoms with van der Waals surface area (Å²) in [5.41, 5.74) is 5.25. The molecule has 33 heavy (non-hydrogen) atoms. The maximum Gasteiger partial charge on any atom is 0.224 e. The zero-order valence-electron chi connectivity index (χ0n) is 20.8. The van der Waals surface area contributed by atoms with Gasteiger partial charge >= 0.3 is 0 Å². The summed E-state index contributed by atoms with van der Waals surface area (Å²) in [5.74, 6) is -0.362. The van der Waals surface area contributed by atoms with Gasteiger partial charge in [-0.25, -0.2) is 0 Å². The molecule has 3 fully saturated rings. The second kappa shape index (κ2) is 8.61. The predicted octanol–water partition coefficient (Wildman–Crippen LogP) is 2.08. The number of β-amino-alcohol motifs (C(OH)–C–C–N with tert-alkyl or cyclic N) is 1. The van der Waals surface area contributed by atoms with Crippen molar-refractivity contribution in [2.45, 2.75) is 81.8 Å². The molecule has 1 aromatic rings. The number of amides is 1. The van der Waals surface area contributed by atoms with Gasteiger partial charge in [-0.15, -0.1) is 0 Å². The normalized spacial score (nSPS) is 32.9. The van der Waals surface area contributed by atoms with Crippen LogP contribution in [0.15, 0.2) is 30.3 Å². The molecule has 0 aromatic heterocycles. The van der Waals surface area contributed by atoms with Gasteiger partial charge in [0.05, 0.1) is 11.0 Å². The topological polar surface area (TPSA) is 93.3 Å². The molecule has 7 heteroatoms. The van der Waals surface area contributed by atoms with Gasteiger partial charge in [-0.2, -0.15) is 0 Å². The van der Waals surface area contributed by atoms with Gasteiger partial charge < -0.3 is 15.9 Å². The van der Waals surface area contributed by atoms with Crippen LogP contribution in [0.2, 0.25) is 0 Å². The monoisotopic (exact) mass is 458 g/mol. The molecule has 7 nitrogen and oxygen atoms in total. The Morgan fingerprint density at radius 3 is 2.21 bits per heavy atom. The molecule has 184 valence electrons. The first-order valence-corrected chi connectivity index (χ1v) is 12.4. The minimum absolute atomic E-state index is 0.0452. The van der Waals surface area contributed by atoms with Crippen LogP contribution in [-0.2, 0) is 10.3 Å². The van der Waals surface area contributed by atoms with Crippen molar-refractivity contribution in [2.24, 2.45) is 11.1 Å². The van der Waals surface area contributed by atoms with E-state index in [0.717, 1.165) is 44.9 Å². The fourth-order valence-corrected chi connectivity index (χ4v) is 6.34. The molecule has 1 aliphatic heterocycles. The summed E-state index contributed by atoms with van der Waals surface area (Å²) in [4.78, 5) is 18.5. The van der Waals surface area contributed by atoms with E-state index in [1.54, 1.807) is 0 Å². The highest BCUT2D eigenvalue weighted by Gasteiger charge is 2.57. The summed E-state index contributed by atoms with van der Waals surface area (Å²) in [6.07, 6.45) is 5.55. The molecule has 0 bridgehead atoms. The van der Waals surface area contributed by atoms with Crippen LogP contribution in [0.4, 0.5) is 0 Å². The lowest BCUT2D eigenvalue weighted by Gasteiger charge is -2.53. The van der Waals surface area contributed by atoms with Crippen LogP contribution in [0.25, 0.3) is 0 Å². The SMILES string of the molecule is CN(C)[C@]1(c2ccccc2)CC[C@]2(CC1)CN(CC(C)(C)C(N)=O)C(O)N2CC1(O)CCC1. The van der Waals surface area contributed by atoms with E-state index >= 15 is 0 Å². The lowest BCUT2D eigenvalue weighted by Crippen LogP contribution is -2.60. The largest absolute Gasteiger partial charge is 0.389 e. The molecule has 1 saturated heterocycles. The Kier molecular flexibility index (Phi) is 6.42. The number of primary amides is 1. The van der Waals surface area contributed by atoms with Gasteiger partial charge in [0.15, 0.2) is 6.35 Å². The molecular formula is C26H42N4O3. The van der Waals surface area contributed by atoms with Crippen LogP contribution in [0.1, 0.15) is 64.4 Å². The summed E-state index contributed by atoms with van der Waals surface area (Å²) in [5, 5.41) is 22.5. The Morgan fingerprint density at radius 2 is 1.73 bits per heavy atom. The van der Waals surface area contributed by atoms with Crippen LogP contribution in [-0.4, -0.2) is 82.0 Å². The lowest BCUT2D eigenvalue weighted by molar-refractivity contribution is -0.149. The molecule has 2 saturated carbocycles. The molecule has 1 atom stereocenters. The summed E-state index contributed by atoms with van der Waals surface area (Å²) in [7, 11) is 4.32. The molecule has 4 N–H and O–H groups in total. The summed E-state index contributed by atoms with van der Waals surface area (Å²) in [6, 6.07) is 10.7. The average Bonchev–Trinajstić information content (AvgIpc) is 2.98. The highest BCUT2D eigenvalue weighted by molar-refractivity contribution is 5.80. The first kappa shape index (κ1) is 24.6. The van der Waals surface area contributed by atoms with E-state index in [4.69, 9.17) is 5.73 Å². The molecule has 3 aliphatic rings. The first-order chi connectivity index (χ1) is 15.4. The Hall–Kier alpha value is -1.51. The smallest absolute Gasteiger partial charge is 0.224 e. The number of carbonyl (C=O) groups excluding carboxylic acids is 1. The van der Waals surface area contributed by atoms with E-state index in [9.17, 15) is 15.0 Å². The van der Waals surface area contributed by atoms with E-state index < -0.39 is 17.4 Å². The minimum Gasteiger partial charge on any atom is -0.389 e.